The first-order valence-corrected chi connectivity index (χ1v) is 24.1. The number of phosphoric ester groups is 1. The number of ether oxygens (including phenoxy) is 1. The number of carbonyl (C=O) groups is 1. The van der Waals surface area contributed by atoms with Gasteiger partial charge in [-0.2, -0.15) is 0 Å². The number of rotatable bonds is 41. The van der Waals surface area contributed by atoms with Gasteiger partial charge in [-0.1, -0.05) is 180 Å². The zero-order valence-corrected chi connectivity index (χ0v) is 36.8. The quantitative estimate of drug-likeness (QED) is 0.0278. The molecule has 0 aromatic heterocycles. The molecule has 53 heavy (non-hydrogen) atoms. The normalized spacial score (nSPS) is 13.8. The van der Waals surface area contributed by atoms with Gasteiger partial charge in [-0.15, -0.1) is 0 Å². The number of quaternary nitrogens is 1. The molecular formula is C44H90N2O6P+. The first-order chi connectivity index (χ1) is 25.6. The predicted molar refractivity (Wildman–Crippen MR) is 227 cm³/mol. The fourth-order valence-corrected chi connectivity index (χ4v) is 7.24. The Morgan fingerprint density at radius 2 is 1.00 bits per heavy atom. The number of phosphoric acid groups is 1. The summed E-state index contributed by atoms with van der Waals surface area (Å²) in [7, 11) is 1.74. The number of alkyl carbamates (subject to hydrolysis) is 1. The van der Waals surface area contributed by atoms with E-state index < -0.39 is 20.0 Å². The maximum absolute atomic E-state index is 12.6. The van der Waals surface area contributed by atoms with Crippen molar-refractivity contribution in [2.75, 3.05) is 47.4 Å². The van der Waals surface area contributed by atoms with Crippen LogP contribution in [-0.4, -0.2) is 69.0 Å². The molecule has 0 aromatic carbocycles. The van der Waals surface area contributed by atoms with E-state index in [-0.39, 0.29) is 13.2 Å². The van der Waals surface area contributed by atoms with Gasteiger partial charge in [-0.25, -0.2) is 9.36 Å². The average Bonchev–Trinajstić information content (AvgIpc) is 3.11. The highest BCUT2D eigenvalue weighted by Gasteiger charge is 2.26. The molecule has 2 unspecified atom stereocenters. The van der Waals surface area contributed by atoms with Crippen molar-refractivity contribution in [3.63, 3.8) is 0 Å². The number of nitrogens with one attached hydrogen (secondary N) is 1. The molecule has 0 saturated heterocycles. The van der Waals surface area contributed by atoms with Gasteiger partial charge in [-0.3, -0.25) is 9.05 Å². The van der Waals surface area contributed by atoms with Gasteiger partial charge in [0.15, 0.2) is 0 Å². The molecule has 0 bridgehead atoms. The Morgan fingerprint density at radius 1 is 0.604 bits per heavy atom. The van der Waals surface area contributed by atoms with Gasteiger partial charge < -0.3 is 19.4 Å². The Bertz CT molecular complexity index is 865. The van der Waals surface area contributed by atoms with Crippen LogP contribution in [0.4, 0.5) is 4.79 Å². The van der Waals surface area contributed by atoms with Gasteiger partial charge in [0.2, 0.25) is 0 Å². The predicted octanol–water partition coefficient (Wildman–Crippen LogP) is 13.6. The van der Waals surface area contributed by atoms with E-state index in [1.807, 2.05) is 21.1 Å². The number of amides is 1. The summed E-state index contributed by atoms with van der Waals surface area (Å²) in [4.78, 5) is 22.9. The lowest BCUT2D eigenvalue weighted by Gasteiger charge is -2.24. The summed E-state index contributed by atoms with van der Waals surface area (Å²) in [5.74, 6) is 0. The lowest BCUT2D eigenvalue weighted by atomic mass is 10.0. The minimum atomic E-state index is -4.23. The van der Waals surface area contributed by atoms with Crippen molar-refractivity contribution in [3.05, 3.63) is 12.2 Å². The Balaban J connectivity index is 4.20. The van der Waals surface area contributed by atoms with Crippen LogP contribution in [0.2, 0.25) is 0 Å². The van der Waals surface area contributed by atoms with Crippen molar-refractivity contribution in [3.8, 4) is 0 Å². The molecule has 0 heterocycles. The van der Waals surface area contributed by atoms with Gasteiger partial charge in [0.25, 0.3) is 0 Å². The molecule has 2 N–H and O–H groups in total. The molecule has 0 fully saturated rings. The summed E-state index contributed by atoms with van der Waals surface area (Å²) in [6, 6.07) is 0. The summed E-state index contributed by atoms with van der Waals surface area (Å²) >= 11 is 0. The second kappa shape index (κ2) is 38.0. The summed E-state index contributed by atoms with van der Waals surface area (Å²) in [6.07, 6.45) is 42.4. The molecule has 0 aliphatic carbocycles. The molecule has 0 spiro atoms. The van der Waals surface area contributed by atoms with E-state index in [1.54, 1.807) is 0 Å². The van der Waals surface area contributed by atoms with Crippen LogP contribution in [0, 0.1) is 0 Å². The SMILES string of the molecule is CCCCCCCC/C=C\CCCCCCCCNC(=O)OC(CCCCCCCCCCCCCCCCCC)COP(=O)(O)OCC[N+](C)(C)C. The Hall–Kier alpha value is -0.920. The minimum Gasteiger partial charge on any atom is -0.444 e. The van der Waals surface area contributed by atoms with Crippen LogP contribution in [0.1, 0.15) is 213 Å². The van der Waals surface area contributed by atoms with Crippen LogP contribution in [0.15, 0.2) is 12.2 Å². The molecule has 0 radical (unpaired) electrons. The van der Waals surface area contributed by atoms with Crippen LogP contribution in [-0.2, 0) is 18.3 Å². The minimum absolute atomic E-state index is 0.110. The van der Waals surface area contributed by atoms with E-state index in [0.29, 0.717) is 24.0 Å². The topological polar surface area (TPSA) is 94.1 Å². The zero-order chi connectivity index (χ0) is 39.1. The molecule has 1 amide bonds. The monoisotopic (exact) mass is 774 g/mol. The van der Waals surface area contributed by atoms with Crippen LogP contribution in [0.3, 0.4) is 0 Å². The molecule has 0 aliphatic rings. The van der Waals surface area contributed by atoms with E-state index in [0.717, 1.165) is 32.1 Å². The molecule has 0 rings (SSSR count). The lowest BCUT2D eigenvalue weighted by Crippen LogP contribution is -2.37. The summed E-state index contributed by atoms with van der Waals surface area (Å²) in [5, 5.41) is 2.88. The molecule has 9 heteroatoms. The number of hydrogen-bond donors (Lipinski definition) is 2. The Morgan fingerprint density at radius 3 is 1.43 bits per heavy atom. The molecule has 0 aliphatic heterocycles. The third kappa shape index (κ3) is 42.1. The number of allylic oxidation sites excluding steroid dienone is 2. The maximum atomic E-state index is 12.6. The second-order valence-corrected chi connectivity index (χ2v) is 18.0. The van der Waals surface area contributed by atoms with Crippen molar-refractivity contribution < 1.29 is 32.5 Å². The van der Waals surface area contributed by atoms with E-state index in [1.165, 1.54) is 161 Å². The molecule has 316 valence electrons. The largest absolute Gasteiger partial charge is 0.472 e. The fourth-order valence-electron chi connectivity index (χ4n) is 6.50. The van der Waals surface area contributed by atoms with Gasteiger partial charge in [0.05, 0.1) is 27.7 Å². The summed E-state index contributed by atoms with van der Waals surface area (Å²) in [6.45, 7) is 5.64. The van der Waals surface area contributed by atoms with E-state index in [2.05, 4.69) is 31.3 Å². The highest BCUT2D eigenvalue weighted by molar-refractivity contribution is 7.47. The first kappa shape index (κ1) is 52.1. The second-order valence-electron chi connectivity index (χ2n) is 16.6. The number of nitrogens with zero attached hydrogens (tertiary/aromatic N) is 1. The van der Waals surface area contributed by atoms with E-state index >= 15 is 0 Å². The number of likely N-dealkylation sites (N-methyl/N-ethyl adjacent to an activating group) is 1. The van der Waals surface area contributed by atoms with Gasteiger partial charge in [0, 0.05) is 6.54 Å². The molecule has 2 atom stereocenters. The average molecular weight is 774 g/mol. The number of hydrogen-bond acceptors (Lipinski definition) is 5. The fraction of sp³-hybridized carbons (Fsp3) is 0.932. The van der Waals surface area contributed by atoms with Crippen LogP contribution in [0.25, 0.3) is 0 Å². The smallest absolute Gasteiger partial charge is 0.444 e. The molecular weight excluding hydrogens is 683 g/mol. The Kier molecular flexibility index (Phi) is 37.3. The zero-order valence-electron chi connectivity index (χ0n) is 35.9. The number of carbonyl (C=O) groups excluding carboxylic acids is 1. The standard InChI is InChI=1S/C44H89N2O6P/c1-6-8-10-12-14-16-18-20-22-24-26-28-30-32-34-36-38-43(42-51-53(48,49)50-41-40-46(3,4)5)52-44(47)45-39-37-35-33-31-29-27-25-23-21-19-17-15-13-11-9-7-2/h21,23,43H,6-20,22,24-42H2,1-5H3,(H-,45,47,48,49)/p+1/b23-21-. The highest BCUT2D eigenvalue weighted by atomic mass is 31.2. The van der Waals surface area contributed by atoms with Crippen molar-refractivity contribution >= 4 is 13.9 Å². The van der Waals surface area contributed by atoms with Gasteiger partial charge in [0.1, 0.15) is 19.3 Å². The van der Waals surface area contributed by atoms with Crippen molar-refractivity contribution in [2.24, 2.45) is 0 Å². The Labute approximate surface area is 329 Å². The highest BCUT2D eigenvalue weighted by Crippen LogP contribution is 2.43. The molecule has 0 aromatic rings. The van der Waals surface area contributed by atoms with Gasteiger partial charge in [-0.05, 0) is 44.9 Å². The third-order valence-electron chi connectivity index (χ3n) is 10.1. The van der Waals surface area contributed by atoms with Crippen molar-refractivity contribution in [1.29, 1.82) is 0 Å². The van der Waals surface area contributed by atoms with Crippen molar-refractivity contribution in [1.82, 2.24) is 5.32 Å². The van der Waals surface area contributed by atoms with E-state index in [9.17, 15) is 14.3 Å². The van der Waals surface area contributed by atoms with Crippen LogP contribution in [0.5, 0.6) is 0 Å². The first-order valence-electron chi connectivity index (χ1n) is 22.6. The molecule has 8 nitrogen and oxygen atoms in total. The summed E-state index contributed by atoms with van der Waals surface area (Å²) in [5.41, 5.74) is 0. The van der Waals surface area contributed by atoms with Gasteiger partial charge >= 0.3 is 13.9 Å². The van der Waals surface area contributed by atoms with E-state index in [4.69, 9.17) is 13.8 Å². The maximum Gasteiger partial charge on any atom is 0.472 e. The third-order valence-corrected chi connectivity index (χ3v) is 11.0. The van der Waals surface area contributed by atoms with Crippen LogP contribution < -0.4 is 5.32 Å². The summed E-state index contributed by atoms with van der Waals surface area (Å²) < 4.78 is 29.3. The lowest BCUT2D eigenvalue weighted by molar-refractivity contribution is -0.870. The number of unbranched alkanes of at least 4 members (excludes halogenated alkanes) is 27. The molecule has 0 saturated carbocycles. The van der Waals surface area contributed by atoms with Crippen LogP contribution >= 0.6 is 7.82 Å². The van der Waals surface area contributed by atoms with Crippen molar-refractivity contribution in [2.45, 2.75) is 219 Å².